The number of amides is 2. The third-order valence-electron chi connectivity index (χ3n) is 6.04. The number of hydrogen-bond donors (Lipinski definition) is 1. The monoisotopic (exact) mass is 441 g/mol. The molecule has 0 bridgehead atoms. The first-order valence-corrected chi connectivity index (χ1v) is 11.2. The Hall–Kier alpha value is -2.64. The van der Waals surface area contributed by atoms with Crippen molar-refractivity contribution < 1.29 is 9.59 Å². The predicted octanol–water partition coefficient (Wildman–Crippen LogP) is 3.73. The first kappa shape index (κ1) is 21.6. The minimum absolute atomic E-state index is 0.0119. The second-order valence-electron chi connectivity index (χ2n) is 8.16. The summed E-state index contributed by atoms with van der Waals surface area (Å²) in [5.41, 5.74) is 1.02. The number of anilines is 1. The molecule has 1 N–H and O–H groups in total. The van der Waals surface area contributed by atoms with E-state index >= 15 is 0 Å². The SMILES string of the molecule is CCC(/C=C/C(=O)N1Cc2ncc(C(=O)Nc3ccccc3Cl)n2[C@H](C)C1)N1CCC1. The third-order valence-corrected chi connectivity index (χ3v) is 6.37. The Balaban J connectivity index is 1.45. The molecule has 2 aliphatic heterocycles. The number of nitrogens with one attached hydrogen (secondary N) is 1. The van der Waals surface area contributed by atoms with Crippen LogP contribution in [0.5, 0.6) is 0 Å². The fraction of sp³-hybridized carbons (Fsp3) is 0.435. The summed E-state index contributed by atoms with van der Waals surface area (Å²) < 4.78 is 1.91. The molecule has 1 aromatic heterocycles. The molecule has 8 heteroatoms. The van der Waals surface area contributed by atoms with Gasteiger partial charge in [0.2, 0.25) is 5.91 Å². The molecule has 31 heavy (non-hydrogen) atoms. The molecule has 1 saturated heterocycles. The highest BCUT2D eigenvalue weighted by molar-refractivity contribution is 6.33. The summed E-state index contributed by atoms with van der Waals surface area (Å²) in [5, 5.41) is 3.33. The molecule has 1 aromatic carbocycles. The quantitative estimate of drug-likeness (QED) is 0.693. The van der Waals surface area contributed by atoms with Gasteiger partial charge >= 0.3 is 0 Å². The number of hydrogen-bond acceptors (Lipinski definition) is 4. The van der Waals surface area contributed by atoms with E-state index in [9.17, 15) is 9.59 Å². The summed E-state index contributed by atoms with van der Waals surface area (Å²) in [5.74, 6) is 0.431. The van der Waals surface area contributed by atoms with Gasteiger partial charge in [-0.05, 0) is 45.0 Å². The molecule has 4 rings (SSSR count). The van der Waals surface area contributed by atoms with Crippen molar-refractivity contribution in [1.29, 1.82) is 0 Å². The molecule has 164 valence electrons. The minimum atomic E-state index is -0.265. The fourth-order valence-electron chi connectivity index (χ4n) is 4.22. The number of rotatable bonds is 6. The van der Waals surface area contributed by atoms with Crippen molar-refractivity contribution >= 4 is 29.1 Å². The van der Waals surface area contributed by atoms with Crippen molar-refractivity contribution in [2.24, 2.45) is 0 Å². The second-order valence-corrected chi connectivity index (χ2v) is 8.56. The van der Waals surface area contributed by atoms with Gasteiger partial charge in [0.1, 0.15) is 11.5 Å². The summed E-state index contributed by atoms with van der Waals surface area (Å²) in [7, 11) is 0. The number of fused-ring (bicyclic) bond motifs is 1. The van der Waals surface area contributed by atoms with Crippen LogP contribution in [0.1, 0.15) is 49.0 Å². The van der Waals surface area contributed by atoms with Crippen LogP contribution in [-0.2, 0) is 11.3 Å². The van der Waals surface area contributed by atoms with Gasteiger partial charge in [-0.3, -0.25) is 14.5 Å². The van der Waals surface area contributed by atoms with E-state index < -0.39 is 0 Å². The average molecular weight is 442 g/mol. The van der Waals surface area contributed by atoms with Crippen LogP contribution in [0.3, 0.4) is 0 Å². The van der Waals surface area contributed by atoms with Crippen LogP contribution in [0.15, 0.2) is 42.6 Å². The lowest BCUT2D eigenvalue weighted by Gasteiger charge is -2.36. The van der Waals surface area contributed by atoms with E-state index in [0.29, 0.717) is 41.4 Å². The van der Waals surface area contributed by atoms with Gasteiger partial charge in [-0.15, -0.1) is 0 Å². The maximum atomic E-state index is 12.8. The molecule has 2 atom stereocenters. The van der Waals surface area contributed by atoms with E-state index in [1.54, 1.807) is 29.3 Å². The fourth-order valence-corrected chi connectivity index (χ4v) is 4.40. The van der Waals surface area contributed by atoms with E-state index in [0.717, 1.165) is 19.5 Å². The topological polar surface area (TPSA) is 70.5 Å². The number of halogens is 1. The van der Waals surface area contributed by atoms with Gasteiger partial charge in [0, 0.05) is 18.7 Å². The Kier molecular flexibility index (Phi) is 6.43. The molecule has 1 unspecified atom stereocenters. The summed E-state index contributed by atoms with van der Waals surface area (Å²) in [6, 6.07) is 7.38. The van der Waals surface area contributed by atoms with Crippen molar-refractivity contribution in [3.63, 3.8) is 0 Å². The number of carbonyl (C=O) groups is 2. The normalized spacial score (nSPS) is 19.7. The molecule has 0 radical (unpaired) electrons. The number of para-hydroxylation sites is 1. The van der Waals surface area contributed by atoms with Crippen LogP contribution in [0.4, 0.5) is 5.69 Å². The molecule has 0 saturated carbocycles. The Bertz CT molecular complexity index is 998. The van der Waals surface area contributed by atoms with Crippen LogP contribution in [-0.4, -0.2) is 56.8 Å². The first-order chi connectivity index (χ1) is 15.0. The van der Waals surface area contributed by atoms with Crippen LogP contribution < -0.4 is 5.32 Å². The summed E-state index contributed by atoms with van der Waals surface area (Å²) >= 11 is 6.16. The van der Waals surface area contributed by atoms with Crippen molar-refractivity contribution in [3.8, 4) is 0 Å². The van der Waals surface area contributed by atoms with Gasteiger partial charge in [0.25, 0.3) is 5.91 Å². The number of likely N-dealkylation sites (tertiary alicyclic amines) is 1. The van der Waals surface area contributed by atoms with E-state index in [1.165, 1.54) is 6.42 Å². The molecule has 2 aliphatic rings. The molecule has 0 spiro atoms. The standard InChI is InChI=1S/C23H28ClN5O2/c1-3-17(27-11-6-12-27)9-10-22(30)28-14-16(2)29-20(13-25-21(29)15-28)23(31)26-19-8-5-4-7-18(19)24/h4-5,7-10,13,16-17H,3,6,11-12,14-15H2,1-2H3,(H,26,31)/b10-9+/t16-,17?/m1/s1. The molecule has 0 aliphatic carbocycles. The summed E-state index contributed by atoms with van der Waals surface area (Å²) in [4.78, 5) is 34.3. The lowest BCUT2D eigenvalue weighted by Crippen LogP contribution is -2.44. The van der Waals surface area contributed by atoms with Crippen LogP contribution in [0, 0.1) is 0 Å². The Morgan fingerprint density at radius 2 is 2.10 bits per heavy atom. The highest BCUT2D eigenvalue weighted by Gasteiger charge is 2.30. The first-order valence-electron chi connectivity index (χ1n) is 10.8. The maximum Gasteiger partial charge on any atom is 0.273 e. The van der Waals surface area contributed by atoms with E-state index in [2.05, 4.69) is 22.1 Å². The van der Waals surface area contributed by atoms with Gasteiger partial charge < -0.3 is 14.8 Å². The molecular formula is C23H28ClN5O2. The number of nitrogens with zero attached hydrogens (tertiary/aromatic N) is 4. The number of aromatic nitrogens is 2. The van der Waals surface area contributed by atoms with E-state index in [-0.39, 0.29) is 17.9 Å². The molecule has 1 fully saturated rings. The van der Waals surface area contributed by atoms with E-state index in [4.69, 9.17) is 11.6 Å². The Labute approximate surface area is 187 Å². The van der Waals surface area contributed by atoms with Crippen molar-refractivity contribution in [3.05, 3.63) is 59.2 Å². The van der Waals surface area contributed by atoms with Gasteiger partial charge in [-0.25, -0.2) is 4.98 Å². The third kappa shape index (κ3) is 4.52. The van der Waals surface area contributed by atoms with Crippen LogP contribution in [0.25, 0.3) is 0 Å². The lowest BCUT2D eigenvalue weighted by molar-refractivity contribution is -0.128. The molecule has 3 heterocycles. The summed E-state index contributed by atoms with van der Waals surface area (Å²) in [6.07, 6.45) is 7.52. The Morgan fingerprint density at radius 3 is 2.77 bits per heavy atom. The Morgan fingerprint density at radius 1 is 1.32 bits per heavy atom. The highest BCUT2D eigenvalue weighted by Crippen LogP contribution is 2.26. The number of benzene rings is 1. The van der Waals surface area contributed by atoms with Crippen molar-refractivity contribution in [2.45, 2.75) is 45.3 Å². The smallest absolute Gasteiger partial charge is 0.273 e. The zero-order valence-corrected chi connectivity index (χ0v) is 18.7. The zero-order valence-electron chi connectivity index (χ0n) is 17.9. The zero-order chi connectivity index (χ0) is 22.0. The second kappa shape index (κ2) is 9.24. The number of carbonyl (C=O) groups excluding carboxylic acids is 2. The molecular weight excluding hydrogens is 414 g/mol. The molecule has 2 amide bonds. The molecule has 2 aromatic rings. The predicted molar refractivity (Wildman–Crippen MR) is 121 cm³/mol. The van der Waals surface area contributed by atoms with Gasteiger partial charge in [-0.1, -0.05) is 36.7 Å². The van der Waals surface area contributed by atoms with Crippen molar-refractivity contribution in [1.82, 2.24) is 19.4 Å². The van der Waals surface area contributed by atoms with E-state index in [1.807, 2.05) is 29.7 Å². The van der Waals surface area contributed by atoms with Crippen LogP contribution >= 0.6 is 11.6 Å². The average Bonchev–Trinajstić information content (AvgIpc) is 3.16. The lowest BCUT2D eigenvalue weighted by atomic mass is 10.1. The minimum Gasteiger partial charge on any atom is -0.330 e. The number of imidazole rings is 1. The largest absolute Gasteiger partial charge is 0.330 e. The van der Waals surface area contributed by atoms with Gasteiger partial charge in [-0.2, -0.15) is 0 Å². The summed E-state index contributed by atoms with van der Waals surface area (Å²) in [6.45, 7) is 7.26. The maximum absolute atomic E-state index is 12.8. The molecule has 7 nitrogen and oxygen atoms in total. The van der Waals surface area contributed by atoms with Gasteiger partial charge in [0.05, 0.1) is 29.5 Å². The van der Waals surface area contributed by atoms with Gasteiger partial charge in [0.15, 0.2) is 0 Å². The highest BCUT2D eigenvalue weighted by atomic mass is 35.5. The van der Waals surface area contributed by atoms with Crippen LogP contribution in [0.2, 0.25) is 5.02 Å². The van der Waals surface area contributed by atoms with Crippen molar-refractivity contribution in [2.75, 3.05) is 25.0 Å².